The molecule has 0 heterocycles. The predicted molar refractivity (Wildman–Crippen MR) is 343 cm³/mol. The first-order valence-corrected chi connectivity index (χ1v) is 35.0. The van der Waals surface area contributed by atoms with Crippen molar-refractivity contribution in [3.05, 3.63) is 108 Å². The second-order valence-corrected chi connectivity index (χ2v) is 27.8. The molecule has 0 bridgehead atoms. The van der Waals surface area contributed by atoms with E-state index in [2.05, 4.69) is 138 Å². The Morgan fingerprint density at radius 1 is 0.338 bits per heavy atom. The van der Waals surface area contributed by atoms with E-state index in [-0.39, 0.29) is 12.1 Å². The zero-order chi connectivity index (χ0) is 53.4. The summed E-state index contributed by atoms with van der Waals surface area (Å²) < 4.78 is 0. The van der Waals surface area contributed by atoms with E-state index < -0.39 is 0 Å². The molecule has 9 aliphatic rings. The summed E-state index contributed by atoms with van der Waals surface area (Å²) in [6.07, 6.45) is 52.2. The molecular formula is C71H118N4P2. The molecule has 14 atom stereocenters. The van der Waals surface area contributed by atoms with Gasteiger partial charge in [0.15, 0.2) is 0 Å². The Morgan fingerprint density at radius 3 is 1.04 bits per heavy atom. The lowest BCUT2D eigenvalue weighted by atomic mass is 9.86. The standard InChI is InChI=1S/C26H38N2P2.C25H40N2.4C5H10/c29-23-15-7-13-21(23)17-27-25(19-9-3-1-4-10-19)26(20-11-5-2-6-12-20)28-18-22-14-8-16-24(22)30;1-19-9-7-12-21(19)17-26-24-15-5-6-16-25(24)27-18-22-13-8-14-23(22)20-10-3-2-4-11-20;4*1-2-4-5-3-1/h1-6,9-12,21-28H,7-8,13-18,29-30H2;2-4,10-11,19,21-27H,5-9,12-18H2,1H3;4*1-5H2. The van der Waals surface area contributed by atoms with Gasteiger partial charge in [-0.2, -0.15) is 0 Å². The van der Waals surface area contributed by atoms with Crippen LogP contribution in [0.25, 0.3) is 0 Å². The molecule has 9 saturated carbocycles. The third-order valence-electron chi connectivity index (χ3n) is 20.3. The van der Waals surface area contributed by atoms with E-state index in [4.69, 9.17) is 0 Å². The van der Waals surface area contributed by atoms with E-state index in [1.54, 1.807) is 5.56 Å². The fourth-order valence-electron chi connectivity index (χ4n) is 15.1. The predicted octanol–water partition coefficient (Wildman–Crippen LogP) is 19.0. The maximum Gasteiger partial charge on any atom is 0.0518 e. The Kier molecular flexibility index (Phi) is 31.2. The fraction of sp³-hybridized carbons (Fsp3) is 0.746. The zero-order valence-electron chi connectivity index (χ0n) is 49.5. The lowest BCUT2D eigenvalue weighted by Crippen LogP contribution is -2.52. The molecule has 4 nitrogen and oxygen atoms in total. The smallest absolute Gasteiger partial charge is 0.0518 e. The Labute approximate surface area is 480 Å². The molecule has 0 aliphatic heterocycles. The average Bonchev–Trinajstić information content (AvgIpc) is 4.33. The van der Waals surface area contributed by atoms with Gasteiger partial charge < -0.3 is 21.3 Å². The van der Waals surface area contributed by atoms with Crippen LogP contribution in [0.2, 0.25) is 0 Å². The van der Waals surface area contributed by atoms with Crippen molar-refractivity contribution in [1.82, 2.24) is 21.3 Å². The highest BCUT2D eigenvalue weighted by Crippen LogP contribution is 2.40. The minimum atomic E-state index is 0.274. The van der Waals surface area contributed by atoms with Gasteiger partial charge in [-0.3, -0.25) is 0 Å². The van der Waals surface area contributed by atoms with Crippen LogP contribution in [0.15, 0.2) is 91.0 Å². The number of nitrogens with one attached hydrogen (secondary N) is 4. The summed E-state index contributed by atoms with van der Waals surface area (Å²) in [4.78, 5) is 0. The van der Waals surface area contributed by atoms with Gasteiger partial charge in [-0.1, -0.05) is 271 Å². The molecule has 0 amide bonds. The Balaban J connectivity index is 0.000000164. The monoisotopic (exact) mass is 1090 g/mol. The quantitative estimate of drug-likeness (QED) is 0.108. The normalized spacial score (nSPS) is 30.3. The molecule has 3 aromatic carbocycles. The molecular weight excluding hydrogens is 971 g/mol. The number of rotatable bonds is 16. The average molecular weight is 1090 g/mol. The van der Waals surface area contributed by atoms with Crippen molar-refractivity contribution in [3.63, 3.8) is 0 Å². The maximum atomic E-state index is 4.04. The fourth-order valence-corrected chi connectivity index (χ4v) is 16.2. The van der Waals surface area contributed by atoms with Crippen molar-refractivity contribution in [2.45, 2.75) is 279 Å². The molecule has 77 heavy (non-hydrogen) atoms. The molecule has 0 spiro atoms. The molecule has 0 radical (unpaired) electrons. The number of hydrogen-bond acceptors (Lipinski definition) is 4. The zero-order valence-corrected chi connectivity index (χ0v) is 51.8. The SMILES string of the molecule is C1CCCC1.C1CCCC1.C1CCCC1.C1CCCC1.CC1CCCC1CNC1CCCCC1NCC1CCCC1c1ccccc1.PC1CCCC1CNC(c1ccccc1)C(NCC1CCCC1P)c1ccccc1. The van der Waals surface area contributed by atoms with E-state index in [0.717, 1.165) is 59.9 Å². The molecule has 432 valence electrons. The van der Waals surface area contributed by atoms with Crippen molar-refractivity contribution in [2.24, 2.45) is 29.6 Å². The highest BCUT2D eigenvalue weighted by molar-refractivity contribution is 7.17. The lowest BCUT2D eigenvalue weighted by Gasteiger charge is -2.35. The van der Waals surface area contributed by atoms with Crippen LogP contribution in [0.1, 0.15) is 273 Å². The third-order valence-corrected chi connectivity index (χ3v) is 22.0. The summed E-state index contributed by atoms with van der Waals surface area (Å²) >= 11 is 0. The minimum Gasteiger partial charge on any atom is -0.312 e. The first kappa shape index (κ1) is 63.0. The van der Waals surface area contributed by atoms with Gasteiger partial charge >= 0.3 is 0 Å². The highest BCUT2D eigenvalue weighted by atomic mass is 31.0. The summed E-state index contributed by atoms with van der Waals surface area (Å²) in [5, 5.41) is 16.1. The van der Waals surface area contributed by atoms with Crippen molar-refractivity contribution >= 4 is 18.5 Å². The van der Waals surface area contributed by atoms with Gasteiger partial charge in [-0.15, -0.1) is 18.5 Å². The van der Waals surface area contributed by atoms with Gasteiger partial charge in [-0.05, 0) is 147 Å². The molecule has 9 fully saturated rings. The van der Waals surface area contributed by atoms with Crippen LogP contribution < -0.4 is 21.3 Å². The maximum absolute atomic E-state index is 4.04. The summed E-state index contributed by atoms with van der Waals surface area (Å²) in [5.41, 5.74) is 5.84. The van der Waals surface area contributed by atoms with Crippen molar-refractivity contribution < 1.29 is 0 Å². The minimum absolute atomic E-state index is 0.274. The number of benzene rings is 3. The third kappa shape index (κ3) is 23.3. The first-order valence-electron chi connectivity index (χ1n) is 33.6. The van der Waals surface area contributed by atoms with Crippen LogP contribution in [0.5, 0.6) is 0 Å². The van der Waals surface area contributed by atoms with Crippen LogP contribution in [0.4, 0.5) is 0 Å². The van der Waals surface area contributed by atoms with Gasteiger partial charge in [0.2, 0.25) is 0 Å². The summed E-state index contributed by atoms with van der Waals surface area (Å²) in [6, 6.07) is 35.3. The van der Waals surface area contributed by atoms with E-state index in [1.807, 2.05) is 0 Å². The van der Waals surface area contributed by atoms with Crippen LogP contribution >= 0.6 is 18.5 Å². The van der Waals surface area contributed by atoms with Gasteiger partial charge in [0.1, 0.15) is 0 Å². The van der Waals surface area contributed by atoms with Crippen LogP contribution in [-0.4, -0.2) is 49.6 Å². The van der Waals surface area contributed by atoms with E-state index in [0.29, 0.717) is 12.1 Å². The van der Waals surface area contributed by atoms with Gasteiger partial charge in [0, 0.05) is 12.1 Å². The summed E-state index contributed by atoms with van der Waals surface area (Å²) in [7, 11) is 6.19. The van der Waals surface area contributed by atoms with Gasteiger partial charge in [0.25, 0.3) is 0 Å². The second-order valence-electron chi connectivity index (χ2n) is 26.1. The molecule has 12 rings (SSSR count). The Morgan fingerprint density at radius 2 is 0.675 bits per heavy atom. The molecule has 14 unspecified atom stereocenters. The molecule has 3 aromatic rings. The first-order chi connectivity index (χ1) is 38.0. The topological polar surface area (TPSA) is 48.1 Å². The summed E-state index contributed by atoms with van der Waals surface area (Å²) in [5.74, 6) is 4.98. The Bertz CT molecular complexity index is 1730. The van der Waals surface area contributed by atoms with Crippen molar-refractivity contribution in [3.8, 4) is 0 Å². The van der Waals surface area contributed by atoms with Crippen LogP contribution in [0, 0.1) is 29.6 Å². The van der Waals surface area contributed by atoms with Crippen LogP contribution in [-0.2, 0) is 0 Å². The lowest BCUT2D eigenvalue weighted by molar-refractivity contribution is 0.251. The Hall–Kier alpha value is -1.64. The van der Waals surface area contributed by atoms with Gasteiger partial charge in [-0.25, -0.2) is 0 Å². The molecule has 4 N–H and O–H groups in total. The van der Waals surface area contributed by atoms with E-state index in [9.17, 15) is 0 Å². The van der Waals surface area contributed by atoms with Gasteiger partial charge in [0.05, 0.1) is 12.1 Å². The molecule has 0 saturated heterocycles. The van der Waals surface area contributed by atoms with E-state index in [1.165, 1.54) is 255 Å². The molecule has 9 aliphatic carbocycles. The second kappa shape index (κ2) is 38.2. The van der Waals surface area contributed by atoms with Crippen molar-refractivity contribution in [2.75, 3.05) is 26.2 Å². The van der Waals surface area contributed by atoms with E-state index >= 15 is 0 Å². The van der Waals surface area contributed by atoms with Crippen LogP contribution in [0.3, 0.4) is 0 Å². The summed E-state index contributed by atoms with van der Waals surface area (Å²) in [6.45, 7) is 7.10. The highest BCUT2D eigenvalue weighted by Gasteiger charge is 2.33. The molecule has 6 heteroatoms. The van der Waals surface area contributed by atoms with Crippen molar-refractivity contribution in [1.29, 1.82) is 0 Å². The molecule has 0 aromatic heterocycles. The largest absolute Gasteiger partial charge is 0.312 e. The number of hydrogen-bond donors (Lipinski definition) is 4.